The number of aromatic carboxylic acids is 1. The molecule has 21 heavy (non-hydrogen) atoms. The Kier molecular flexibility index (Phi) is 4.85. The molecule has 0 spiro atoms. The van der Waals surface area contributed by atoms with Crippen molar-refractivity contribution in [3.8, 4) is 0 Å². The summed E-state index contributed by atoms with van der Waals surface area (Å²) in [4.78, 5) is 21.9. The molecule has 0 saturated carbocycles. The molecule has 0 aliphatic carbocycles. The van der Waals surface area contributed by atoms with Gasteiger partial charge in [-0.15, -0.1) is 0 Å². The van der Waals surface area contributed by atoms with Crippen LogP contribution in [-0.2, 0) is 14.8 Å². The molecule has 0 radical (unpaired) electrons. The second-order valence-corrected chi connectivity index (χ2v) is 7.18. The van der Waals surface area contributed by atoms with Crippen molar-refractivity contribution < 1.29 is 28.2 Å². The SMILES string of the molecule is CC(C)(CS(=O)(=O)Nc1ccc(Cl)c(C(=O)O)c1)C(=O)O. The molecule has 0 aromatic heterocycles. The van der Waals surface area contributed by atoms with Crippen LogP contribution >= 0.6 is 11.6 Å². The Morgan fingerprint density at radius 2 is 1.86 bits per heavy atom. The summed E-state index contributed by atoms with van der Waals surface area (Å²) in [6.07, 6.45) is 0. The van der Waals surface area contributed by atoms with Gasteiger partial charge in [-0.1, -0.05) is 11.6 Å². The molecule has 0 heterocycles. The van der Waals surface area contributed by atoms with Crippen LogP contribution in [0.25, 0.3) is 0 Å². The van der Waals surface area contributed by atoms with Gasteiger partial charge >= 0.3 is 11.9 Å². The number of carbonyl (C=O) groups is 2. The fourth-order valence-electron chi connectivity index (χ4n) is 1.51. The molecular weight excluding hydrogens is 322 g/mol. The number of hydrogen-bond acceptors (Lipinski definition) is 4. The lowest BCUT2D eigenvalue weighted by atomic mass is 9.97. The predicted octanol–water partition coefficient (Wildman–Crippen LogP) is 1.89. The molecule has 0 atom stereocenters. The first-order valence-corrected chi connectivity index (χ1v) is 7.74. The fourth-order valence-corrected chi connectivity index (χ4v) is 3.34. The molecule has 0 saturated heterocycles. The summed E-state index contributed by atoms with van der Waals surface area (Å²) in [5.74, 6) is -3.21. The van der Waals surface area contributed by atoms with Crippen LogP contribution < -0.4 is 4.72 Å². The normalized spacial score (nSPS) is 12.0. The number of sulfonamides is 1. The van der Waals surface area contributed by atoms with Gasteiger partial charge in [0.25, 0.3) is 0 Å². The van der Waals surface area contributed by atoms with Crippen molar-refractivity contribution in [2.24, 2.45) is 5.41 Å². The number of benzene rings is 1. The van der Waals surface area contributed by atoms with Crippen LogP contribution in [0.4, 0.5) is 5.69 Å². The smallest absolute Gasteiger partial charge is 0.337 e. The van der Waals surface area contributed by atoms with Crippen molar-refractivity contribution in [1.29, 1.82) is 0 Å². The molecule has 9 heteroatoms. The van der Waals surface area contributed by atoms with Crippen molar-refractivity contribution in [3.63, 3.8) is 0 Å². The van der Waals surface area contributed by atoms with E-state index in [1.165, 1.54) is 26.0 Å². The van der Waals surface area contributed by atoms with E-state index >= 15 is 0 Å². The van der Waals surface area contributed by atoms with Crippen molar-refractivity contribution in [2.75, 3.05) is 10.5 Å². The quantitative estimate of drug-likeness (QED) is 0.730. The summed E-state index contributed by atoms with van der Waals surface area (Å²) < 4.78 is 26.0. The molecule has 1 aromatic rings. The van der Waals surface area contributed by atoms with Gasteiger partial charge in [0.2, 0.25) is 10.0 Å². The molecule has 0 bridgehead atoms. The van der Waals surface area contributed by atoms with E-state index < -0.39 is 33.1 Å². The monoisotopic (exact) mass is 335 g/mol. The molecule has 7 nitrogen and oxygen atoms in total. The van der Waals surface area contributed by atoms with Crippen LogP contribution in [0.3, 0.4) is 0 Å². The maximum atomic E-state index is 11.9. The van der Waals surface area contributed by atoms with E-state index in [0.717, 1.165) is 6.07 Å². The molecule has 116 valence electrons. The Bertz CT molecular complexity index is 683. The Hall–Kier alpha value is -1.80. The van der Waals surface area contributed by atoms with Crippen LogP contribution in [-0.4, -0.2) is 36.3 Å². The zero-order chi connectivity index (χ0) is 16.4. The number of nitrogens with one attached hydrogen (secondary N) is 1. The second-order valence-electron chi connectivity index (χ2n) is 5.05. The largest absolute Gasteiger partial charge is 0.481 e. The number of carboxylic acid groups (broad SMARTS) is 2. The van der Waals surface area contributed by atoms with Gasteiger partial charge in [-0.3, -0.25) is 9.52 Å². The zero-order valence-electron chi connectivity index (χ0n) is 11.3. The molecule has 0 aliphatic heterocycles. The number of aliphatic carboxylic acids is 1. The van der Waals surface area contributed by atoms with Crippen molar-refractivity contribution in [2.45, 2.75) is 13.8 Å². The first-order valence-electron chi connectivity index (χ1n) is 5.71. The highest BCUT2D eigenvalue weighted by Crippen LogP contribution is 2.23. The molecule has 0 unspecified atom stereocenters. The van der Waals surface area contributed by atoms with Gasteiger partial charge in [-0.2, -0.15) is 0 Å². The summed E-state index contributed by atoms with van der Waals surface area (Å²) >= 11 is 5.67. The van der Waals surface area contributed by atoms with E-state index in [0.29, 0.717) is 0 Å². The van der Waals surface area contributed by atoms with Gasteiger partial charge in [0.1, 0.15) is 0 Å². The maximum Gasteiger partial charge on any atom is 0.337 e. The number of carboxylic acids is 2. The van der Waals surface area contributed by atoms with Gasteiger partial charge in [-0.05, 0) is 32.0 Å². The highest BCUT2D eigenvalue weighted by Gasteiger charge is 2.33. The summed E-state index contributed by atoms with van der Waals surface area (Å²) in [6.45, 7) is 2.55. The first-order chi connectivity index (χ1) is 9.44. The van der Waals surface area contributed by atoms with Gasteiger partial charge in [0.05, 0.1) is 21.8 Å². The highest BCUT2D eigenvalue weighted by atomic mass is 35.5. The first kappa shape index (κ1) is 17.3. The summed E-state index contributed by atoms with van der Waals surface area (Å²) in [6, 6.07) is 3.60. The summed E-state index contributed by atoms with van der Waals surface area (Å²) in [5, 5.41) is 17.8. The number of hydrogen-bond donors (Lipinski definition) is 3. The third kappa shape index (κ3) is 4.61. The van der Waals surface area contributed by atoms with E-state index in [2.05, 4.69) is 4.72 Å². The molecular formula is C12H14ClNO6S. The van der Waals surface area contributed by atoms with E-state index in [9.17, 15) is 18.0 Å². The standard InChI is InChI=1S/C12H14ClNO6S/c1-12(2,11(17)18)6-21(19,20)14-7-3-4-9(13)8(5-7)10(15)16/h3-5,14H,6H2,1-2H3,(H,15,16)(H,17,18). The number of halogens is 1. The topological polar surface area (TPSA) is 121 Å². The zero-order valence-corrected chi connectivity index (χ0v) is 12.8. The third-order valence-electron chi connectivity index (χ3n) is 2.60. The maximum absolute atomic E-state index is 11.9. The molecule has 0 amide bonds. The van der Waals surface area contributed by atoms with Gasteiger partial charge in [0, 0.05) is 5.69 Å². The van der Waals surface area contributed by atoms with Crippen molar-refractivity contribution in [3.05, 3.63) is 28.8 Å². The minimum absolute atomic E-state index is 0.00186. The Morgan fingerprint density at radius 1 is 1.29 bits per heavy atom. The van der Waals surface area contributed by atoms with Crippen LogP contribution in [0.15, 0.2) is 18.2 Å². The molecule has 1 aromatic carbocycles. The van der Waals surface area contributed by atoms with Gasteiger partial charge < -0.3 is 10.2 Å². The van der Waals surface area contributed by atoms with Gasteiger partial charge in [0.15, 0.2) is 0 Å². The molecule has 0 fully saturated rings. The van der Waals surface area contributed by atoms with Crippen LogP contribution in [0.5, 0.6) is 0 Å². The Balaban J connectivity index is 3.03. The lowest BCUT2D eigenvalue weighted by Crippen LogP contribution is -2.34. The van der Waals surface area contributed by atoms with Crippen molar-refractivity contribution in [1.82, 2.24) is 0 Å². The lowest BCUT2D eigenvalue weighted by molar-refractivity contribution is -0.145. The average molecular weight is 336 g/mol. The summed E-state index contributed by atoms with van der Waals surface area (Å²) in [7, 11) is -3.96. The molecule has 0 aliphatic rings. The molecule has 1 rings (SSSR count). The van der Waals surface area contributed by atoms with E-state index in [1.807, 2.05) is 0 Å². The van der Waals surface area contributed by atoms with E-state index in [-0.39, 0.29) is 16.3 Å². The lowest BCUT2D eigenvalue weighted by Gasteiger charge is -2.19. The Morgan fingerprint density at radius 3 is 2.33 bits per heavy atom. The third-order valence-corrected chi connectivity index (χ3v) is 4.58. The molecule has 3 N–H and O–H groups in total. The average Bonchev–Trinajstić information content (AvgIpc) is 2.29. The van der Waals surface area contributed by atoms with E-state index in [4.69, 9.17) is 21.8 Å². The Labute approximate surface area is 126 Å². The van der Waals surface area contributed by atoms with Gasteiger partial charge in [-0.25, -0.2) is 13.2 Å². The van der Waals surface area contributed by atoms with Crippen LogP contribution in [0, 0.1) is 5.41 Å². The summed E-state index contributed by atoms with van der Waals surface area (Å²) in [5.41, 5.74) is -1.74. The number of rotatable bonds is 6. The second kappa shape index (κ2) is 5.90. The minimum Gasteiger partial charge on any atom is -0.481 e. The van der Waals surface area contributed by atoms with Crippen LogP contribution in [0.2, 0.25) is 5.02 Å². The number of anilines is 1. The van der Waals surface area contributed by atoms with Crippen molar-refractivity contribution >= 4 is 39.3 Å². The minimum atomic E-state index is -3.96. The van der Waals surface area contributed by atoms with Crippen LogP contribution in [0.1, 0.15) is 24.2 Å². The highest BCUT2D eigenvalue weighted by molar-refractivity contribution is 7.92. The van der Waals surface area contributed by atoms with E-state index in [1.54, 1.807) is 0 Å². The predicted molar refractivity (Wildman–Crippen MR) is 77.2 cm³/mol. The fraction of sp³-hybridized carbons (Fsp3) is 0.333.